The number of nitrogens with two attached hydrogens (primary N) is 1. The third-order valence-corrected chi connectivity index (χ3v) is 4.01. The zero-order valence-electron chi connectivity index (χ0n) is 11.2. The van der Waals surface area contributed by atoms with Gasteiger partial charge in [-0.15, -0.1) is 5.10 Å². The largest absolute Gasteiger partial charge is 0.392 e. The third kappa shape index (κ3) is 2.42. The van der Waals surface area contributed by atoms with Gasteiger partial charge in [0.15, 0.2) is 0 Å². The van der Waals surface area contributed by atoms with E-state index < -0.39 is 5.41 Å². The molecule has 0 bridgehead atoms. The van der Waals surface area contributed by atoms with Crippen LogP contribution in [0.5, 0.6) is 0 Å². The molecule has 0 atom stereocenters. The summed E-state index contributed by atoms with van der Waals surface area (Å²) in [5, 5.41) is 10.4. The molecule has 0 aliphatic heterocycles. The predicted molar refractivity (Wildman–Crippen MR) is 75.5 cm³/mol. The van der Waals surface area contributed by atoms with Gasteiger partial charge in [-0.1, -0.05) is 19.1 Å². The molecule has 6 nitrogen and oxygen atoms in total. The van der Waals surface area contributed by atoms with Gasteiger partial charge in [0.2, 0.25) is 11.9 Å². The second-order valence-electron chi connectivity index (χ2n) is 5.22. The van der Waals surface area contributed by atoms with Crippen molar-refractivity contribution in [3.05, 3.63) is 11.4 Å². The van der Waals surface area contributed by atoms with E-state index in [-0.39, 0.29) is 16.8 Å². The molecule has 0 radical (unpaired) electrons. The van der Waals surface area contributed by atoms with E-state index in [0.717, 1.165) is 11.4 Å². The Balaban J connectivity index is 2.16. The Morgan fingerprint density at radius 3 is 2.47 bits per heavy atom. The van der Waals surface area contributed by atoms with Crippen LogP contribution in [0.1, 0.15) is 31.2 Å². The first-order valence-corrected chi connectivity index (χ1v) is 6.55. The molecule has 0 unspecified atom stereocenters. The fraction of sp³-hybridized carbons (Fsp3) is 0.583. The quantitative estimate of drug-likeness (QED) is 0.806. The molecular weight excluding hydrogens is 262 g/mol. The molecule has 1 aromatic rings. The van der Waals surface area contributed by atoms with Crippen LogP contribution in [0.15, 0.2) is 0 Å². The van der Waals surface area contributed by atoms with Crippen LogP contribution in [0.25, 0.3) is 0 Å². The van der Waals surface area contributed by atoms with Crippen LogP contribution in [0.4, 0.5) is 5.95 Å². The number of aryl methyl sites for hydroxylation is 2. The van der Waals surface area contributed by atoms with Crippen LogP contribution in [0.3, 0.4) is 0 Å². The highest BCUT2D eigenvalue weighted by atomic mass is 32.1. The standard InChI is InChI=1S/C12H17N5OS/c1-6-4-12(5-6,9(13)19)10(18)15-11-14-7(2)8(3)16-17-11/h6H,4-5H2,1-3H3,(H2,13,19)(H,14,15,17,18). The van der Waals surface area contributed by atoms with Crippen molar-refractivity contribution in [2.45, 2.75) is 33.6 Å². The average molecular weight is 279 g/mol. The second kappa shape index (κ2) is 4.80. The Morgan fingerprint density at radius 2 is 2.00 bits per heavy atom. The van der Waals surface area contributed by atoms with Crippen molar-refractivity contribution in [2.75, 3.05) is 5.32 Å². The molecule has 19 heavy (non-hydrogen) atoms. The van der Waals surface area contributed by atoms with Gasteiger partial charge in [-0.3, -0.25) is 10.1 Å². The van der Waals surface area contributed by atoms with Gasteiger partial charge in [-0.05, 0) is 32.6 Å². The maximum absolute atomic E-state index is 12.3. The lowest BCUT2D eigenvalue weighted by Gasteiger charge is -2.43. The highest BCUT2D eigenvalue weighted by Gasteiger charge is 2.51. The number of carbonyl (C=O) groups excluding carboxylic acids is 1. The SMILES string of the molecule is Cc1nnc(NC(=O)C2(C(N)=S)CC(C)C2)nc1C. The summed E-state index contributed by atoms with van der Waals surface area (Å²) in [6, 6.07) is 0. The molecule has 0 spiro atoms. The molecular formula is C12H17N5OS. The van der Waals surface area contributed by atoms with Gasteiger partial charge in [0.1, 0.15) is 0 Å². The predicted octanol–water partition coefficient (Wildman–Crippen LogP) is 1.13. The lowest BCUT2D eigenvalue weighted by Crippen LogP contribution is -2.54. The number of thiocarbonyl (C=S) groups is 1. The normalized spacial score (nSPS) is 25.5. The van der Waals surface area contributed by atoms with Gasteiger partial charge in [0.05, 0.1) is 21.8 Å². The molecule has 1 heterocycles. The van der Waals surface area contributed by atoms with Gasteiger partial charge in [0, 0.05) is 0 Å². The Morgan fingerprint density at radius 1 is 1.37 bits per heavy atom. The molecule has 3 N–H and O–H groups in total. The van der Waals surface area contributed by atoms with Crippen LogP contribution in [-0.4, -0.2) is 26.1 Å². The van der Waals surface area contributed by atoms with Crippen molar-refractivity contribution in [1.29, 1.82) is 0 Å². The molecule has 1 aliphatic carbocycles. The molecule has 1 amide bonds. The first-order chi connectivity index (χ1) is 8.85. The summed E-state index contributed by atoms with van der Waals surface area (Å²) in [6.07, 6.45) is 1.35. The Bertz CT molecular complexity index is 539. The van der Waals surface area contributed by atoms with E-state index in [4.69, 9.17) is 18.0 Å². The summed E-state index contributed by atoms with van der Waals surface area (Å²) in [5.74, 6) is 0.414. The fourth-order valence-corrected chi connectivity index (χ4v) is 2.62. The van der Waals surface area contributed by atoms with Crippen LogP contribution >= 0.6 is 12.2 Å². The number of anilines is 1. The first kappa shape index (κ1) is 13.8. The number of nitrogens with one attached hydrogen (secondary N) is 1. The van der Waals surface area contributed by atoms with E-state index in [1.165, 1.54) is 0 Å². The minimum atomic E-state index is -0.753. The summed E-state index contributed by atoms with van der Waals surface area (Å²) in [4.78, 5) is 16.7. The van der Waals surface area contributed by atoms with Gasteiger partial charge in [0.25, 0.3) is 0 Å². The maximum atomic E-state index is 12.3. The zero-order valence-corrected chi connectivity index (χ0v) is 12.0. The lowest BCUT2D eigenvalue weighted by molar-refractivity contribution is -0.127. The van der Waals surface area contributed by atoms with Crippen molar-refractivity contribution in [2.24, 2.45) is 17.1 Å². The van der Waals surface area contributed by atoms with Crippen molar-refractivity contribution in [3.63, 3.8) is 0 Å². The molecule has 1 saturated carbocycles. The summed E-state index contributed by atoms with van der Waals surface area (Å²) in [5.41, 5.74) is 6.43. The van der Waals surface area contributed by atoms with Crippen molar-refractivity contribution in [3.8, 4) is 0 Å². The summed E-state index contributed by atoms with van der Waals surface area (Å²) in [7, 11) is 0. The van der Waals surface area contributed by atoms with Crippen LogP contribution < -0.4 is 11.1 Å². The Hall–Kier alpha value is -1.63. The molecule has 1 fully saturated rings. The molecule has 1 aromatic heterocycles. The summed E-state index contributed by atoms with van der Waals surface area (Å²) in [6.45, 7) is 5.69. The maximum Gasteiger partial charge on any atom is 0.249 e. The Kier molecular flexibility index (Phi) is 3.49. The van der Waals surface area contributed by atoms with Gasteiger partial charge in [-0.25, -0.2) is 4.98 Å². The number of carbonyl (C=O) groups is 1. The lowest BCUT2D eigenvalue weighted by atomic mass is 9.62. The topological polar surface area (TPSA) is 93.8 Å². The van der Waals surface area contributed by atoms with E-state index in [2.05, 4.69) is 27.4 Å². The average Bonchev–Trinajstić information content (AvgIpc) is 2.29. The van der Waals surface area contributed by atoms with Gasteiger partial charge < -0.3 is 5.73 Å². The first-order valence-electron chi connectivity index (χ1n) is 6.14. The summed E-state index contributed by atoms with van der Waals surface area (Å²) >= 11 is 5.03. The minimum absolute atomic E-state index is 0.197. The van der Waals surface area contributed by atoms with Crippen LogP contribution in [-0.2, 0) is 4.79 Å². The van der Waals surface area contributed by atoms with Crippen molar-refractivity contribution in [1.82, 2.24) is 15.2 Å². The number of nitrogens with zero attached hydrogens (tertiary/aromatic N) is 3. The van der Waals surface area contributed by atoms with E-state index in [1.54, 1.807) is 0 Å². The smallest absolute Gasteiger partial charge is 0.249 e. The third-order valence-electron chi connectivity index (χ3n) is 3.62. The van der Waals surface area contributed by atoms with Crippen LogP contribution in [0, 0.1) is 25.2 Å². The van der Waals surface area contributed by atoms with E-state index in [9.17, 15) is 4.79 Å². The monoisotopic (exact) mass is 279 g/mol. The second-order valence-corrected chi connectivity index (χ2v) is 5.66. The van der Waals surface area contributed by atoms with Gasteiger partial charge >= 0.3 is 0 Å². The summed E-state index contributed by atoms with van der Waals surface area (Å²) < 4.78 is 0. The Labute approximate surface area is 117 Å². The number of hydrogen-bond donors (Lipinski definition) is 2. The molecule has 102 valence electrons. The number of hydrogen-bond acceptors (Lipinski definition) is 5. The number of aromatic nitrogens is 3. The van der Waals surface area contributed by atoms with Crippen molar-refractivity contribution < 1.29 is 4.79 Å². The van der Waals surface area contributed by atoms with E-state index >= 15 is 0 Å². The van der Waals surface area contributed by atoms with Crippen LogP contribution in [0.2, 0.25) is 0 Å². The highest BCUT2D eigenvalue weighted by molar-refractivity contribution is 7.80. The van der Waals surface area contributed by atoms with E-state index in [1.807, 2.05) is 13.8 Å². The molecule has 1 aliphatic rings. The number of rotatable bonds is 3. The van der Waals surface area contributed by atoms with E-state index in [0.29, 0.717) is 18.8 Å². The molecule has 2 rings (SSSR count). The fourth-order valence-electron chi connectivity index (χ4n) is 2.36. The zero-order chi connectivity index (χ0) is 14.2. The molecule has 0 aromatic carbocycles. The minimum Gasteiger partial charge on any atom is -0.392 e. The van der Waals surface area contributed by atoms with Crippen molar-refractivity contribution >= 4 is 29.1 Å². The number of amides is 1. The molecule has 0 saturated heterocycles. The molecule has 7 heteroatoms. The van der Waals surface area contributed by atoms with Gasteiger partial charge in [-0.2, -0.15) is 5.10 Å². The highest BCUT2D eigenvalue weighted by Crippen LogP contribution is 2.46.